The van der Waals surface area contributed by atoms with Gasteiger partial charge in [0, 0.05) is 37.7 Å². The first-order chi connectivity index (χ1) is 17.0. The number of benzene rings is 3. The van der Waals surface area contributed by atoms with E-state index in [2.05, 4.69) is 5.16 Å². The number of halogens is 3. The van der Waals surface area contributed by atoms with Crippen molar-refractivity contribution in [3.05, 3.63) is 107 Å². The number of aliphatic hydroxyl groups excluding tert-OH is 1. The van der Waals surface area contributed by atoms with E-state index in [0.29, 0.717) is 30.8 Å². The first-order valence-corrected chi connectivity index (χ1v) is 11.4. The maximum Gasteiger partial charge on any atom is 0.145 e. The van der Waals surface area contributed by atoms with Gasteiger partial charge in [0.1, 0.15) is 23.6 Å². The quantitative estimate of drug-likeness (QED) is 0.430. The van der Waals surface area contributed by atoms with Crippen LogP contribution in [0.5, 0.6) is 0 Å². The minimum absolute atomic E-state index is 0.0974. The van der Waals surface area contributed by atoms with Gasteiger partial charge in [-0.25, -0.2) is 13.2 Å². The Morgan fingerprint density at radius 2 is 1.74 bits per heavy atom. The van der Waals surface area contributed by atoms with Crippen molar-refractivity contribution in [1.29, 1.82) is 0 Å². The minimum atomic E-state index is -0.832. The van der Waals surface area contributed by atoms with E-state index in [9.17, 15) is 18.3 Å². The fourth-order valence-electron chi connectivity index (χ4n) is 3.96. The van der Waals surface area contributed by atoms with Gasteiger partial charge >= 0.3 is 0 Å². The highest BCUT2D eigenvalue weighted by atomic mass is 19.1. The highest BCUT2D eigenvalue weighted by Crippen LogP contribution is 2.20. The number of aliphatic hydroxyl groups is 1. The number of ether oxygens (including phenoxy) is 1. The molecule has 1 aliphatic rings. The largest absolute Gasteiger partial charge is 0.390 e. The summed E-state index contributed by atoms with van der Waals surface area (Å²) >= 11 is 0. The highest BCUT2D eigenvalue weighted by molar-refractivity contribution is 6.01. The molecule has 0 aliphatic carbocycles. The standard InChI is InChI=1S/C27H27F3N2O3/c28-22-9-6-20(7-10-22)27-13-25(35-31-27)16-32(14-21-8-11-23(29)12-26(21)30)15-24(33)18-34-17-19-4-2-1-3-5-19/h1-12,24-25,33H,13-18H2/t24-,25-/m0/s1. The number of oxime groups is 1. The van der Waals surface area contributed by atoms with Crippen LogP contribution in [0.3, 0.4) is 0 Å². The molecular weight excluding hydrogens is 457 g/mol. The van der Waals surface area contributed by atoms with E-state index in [0.717, 1.165) is 17.2 Å². The fraction of sp³-hybridized carbons (Fsp3) is 0.296. The van der Waals surface area contributed by atoms with E-state index in [1.165, 1.54) is 24.3 Å². The summed E-state index contributed by atoms with van der Waals surface area (Å²) in [5.74, 6) is -1.63. The van der Waals surface area contributed by atoms with E-state index < -0.39 is 17.7 Å². The van der Waals surface area contributed by atoms with Gasteiger partial charge in [0.2, 0.25) is 0 Å². The molecule has 184 valence electrons. The Morgan fingerprint density at radius 3 is 2.49 bits per heavy atom. The topological polar surface area (TPSA) is 54.3 Å². The molecule has 3 aromatic rings. The minimum Gasteiger partial charge on any atom is -0.390 e. The summed E-state index contributed by atoms with van der Waals surface area (Å²) in [7, 11) is 0. The van der Waals surface area contributed by atoms with Crippen LogP contribution in [0.2, 0.25) is 0 Å². The van der Waals surface area contributed by atoms with E-state index >= 15 is 0 Å². The molecule has 4 rings (SSSR count). The Morgan fingerprint density at radius 1 is 1.00 bits per heavy atom. The van der Waals surface area contributed by atoms with Gasteiger partial charge in [0.05, 0.1) is 25.0 Å². The van der Waals surface area contributed by atoms with Gasteiger partial charge in [0.25, 0.3) is 0 Å². The first-order valence-electron chi connectivity index (χ1n) is 11.4. The molecule has 1 heterocycles. The second-order valence-electron chi connectivity index (χ2n) is 8.56. The maximum atomic E-state index is 14.3. The van der Waals surface area contributed by atoms with Gasteiger partial charge in [-0.2, -0.15) is 0 Å². The molecule has 2 atom stereocenters. The smallest absolute Gasteiger partial charge is 0.145 e. The van der Waals surface area contributed by atoms with Gasteiger partial charge < -0.3 is 14.7 Å². The predicted molar refractivity (Wildman–Crippen MR) is 126 cm³/mol. The number of hydrogen-bond acceptors (Lipinski definition) is 5. The zero-order valence-electron chi connectivity index (χ0n) is 19.1. The summed E-state index contributed by atoms with van der Waals surface area (Å²) in [6.07, 6.45) is -0.689. The number of nitrogens with zero attached hydrogens (tertiary/aromatic N) is 2. The summed E-state index contributed by atoms with van der Waals surface area (Å²) in [5.41, 5.74) is 2.75. The van der Waals surface area contributed by atoms with Crippen molar-refractivity contribution in [3.63, 3.8) is 0 Å². The van der Waals surface area contributed by atoms with Crippen LogP contribution in [-0.2, 0) is 22.7 Å². The third-order valence-corrected chi connectivity index (χ3v) is 5.67. The molecule has 35 heavy (non-hydrogen) atoms. The zero-order valence-corrected chi connectivity index (χ0v) is 19.1. The molecular formula is C27H27F3N2O3. The van der Waals surface area contributed by atoms with Gasteiger partial charge in [-0.15, -0.1) is 0 Å². The lowest BCUT2D eigenvalue weighted by molar-refractivity contribution is -0.00671. The van der Waals surface area contributed by atoms with Crippen LogP contribution in [0.25, 0.3) is 0 Å². The molecule has 5 nitrogen and oxygen atoms in total. The van der Waals surface area contributed by atoms with E-state index in [1.54, 1.807) is 12.1 Å². The van der Waals surface area contributed by atoms with Crippen molar-refractivity contribution in [3.8, 4) is 0 Å². The lowest BCUT2D eigenvalue weighted by Crippen LogP contribution is -2.39. The van der Waals surface area contributed by atoms with Crippen LogP contribution in [0.1, 0.15) is 23.1 Å². The normalized spacial score (nSPS) is 16.3. The van der Waals surface area contributed by atoms with Crippen LogP contribution in [0, 0.1) is 17.5 Å². The van der Waals surface area contributed by atoms with E-state index in [4.69, 9.17) is 9.57 Å². The molecule has 3 aromatic carbocycles. The lowest BCUT2D eigenvalue weighted by atomic mass is 10.0. The second kappa shape index (κ2) is 12.0. The summed E-state index contributed by atoms with van der Waals surface area (Å²) in [6, 6.07) is 19.1. The molecule has 0 spiro atoms. The highest BCUT2D eigenvalue weighted by Gasteiger charge is 2.26. The molecule has 0 aromatic heterocycles. The molecule has 1 aliphatic heterocycles. The van der Waals surface area contributed by atoms with Crippen LogP contribution >= 0.6 is 0 Å². The molecule has 0 saturated carbocycles. The van der Waals surface area contributed by atoms with E-state index in [1.807, 2.05) is 35.2 Å². The lowest BCUT2D eigenvalue weighted by Gasteiger charge is -2.27. The van der Waals surface area contributed by atoms with Crippen LogP contribution in [0.15, 0.2) is 78.0 Å². The predicted octanol–water partition coefficient (Wildman–Crippen LogP) is 4.68. The Balaban J connectivity index is 1.36. The van der Waals surface area contributed by atoms with Gasteiger partial charge in [-0.1, -0.05) is 53.7 Å². The Bertz CT molecular complexity index is 1130. The van der Waals surface area contributed by atoms with Crippen LogP contribution in [0.4, 0.5) is 13.2 Å². The van der Waals surface area contributed by atoms with Gasteiger partial charge in [-0.3, -0.25) is 4.90 Å². The monoisotopic (exact) mass is 484 g/mol. The van der Waals surface area contributed by atoms with Crippen LogP contribution < -0.4 is 0 Å². The van der Waals surface area contributed by atoms with Crippen molar-refractivity contribution in [2.75, 3.05) is 19.7 Å². The third-order valence-electron chi connectivity index (χ3n) is 5.67. The molecule has 0 radical (unpaired) electrons. The summed E-state index contributed by atoms with van der Waals surface area (Å²) in [4.78, 5) is 7.41. The Labute approximate surface area is 202 Å². The zero-order chi connectivity index (χ0) is 24.6. The molecule has 0 amide bonds. The second-order valence-corrected chi connectivity index (χ2v) is 8.56. The van der Waals surface area contributed by atoms with Crippen molar-refractivity contribution < 1.29 is 27.9 Å². The van der Waals surface area contributed by atoms with Crippen molar-refractivity contribution in [2.24, 2.45) is 5.16 Å². The molecule has 0 saturated heterocycles. The number of hydrogen-bond donors (Lipinski definition) is 1. The third kappa shape index (κ3) is 7.39. The van der Waals surface area contributed by atoms with Crippen molar-refractivity contribution in [1.82, 2.24) is 4.90 Å². The Hall–Kier alpha value is -3.20. The molecule has 0 fully saturated rings. The number of rotatable bonds is 11. The molecule has 8 heteroatoms. The van der Waals surface area contributed by atoms with E-state index in [-0.39, 0.29) is 31.6 Å². The molecule has 1 N–H and O–H groups in total. The summed E-state index contributed by atoms with van der Waals surface area (Å²) in [5, 5.41) is 14.7. The summed E-state index contributed by atoms with van der Waals surface area (Å²) < 4.78 is 46.6. The van der Waals surface area contributed by atoms with Gasteiger partial charge in [-0.05, 0) is 29.3 Å². The average Bonchev–Trinajstić information content (AvgIpc) is 3.30. The average molecular weight is 485 g/mol. The Kier molecular flexibility index (Phi) is 8.52. The van der Waals surface area contributed by atoms with Crippen LogP contribution in [-0.4, -0.2) is 47.6 Å². The molecule has 0 unspecified atom stereocenters. The fourth-order valence-corrected chi connectivity index (χ4v) is 3.96. The first kappa shape index (κ1) is 24.9. The van der Waals surface area contributed by atoms with Crippen molar-refractivity contribution in [2.45, 2.75) is 31.8 Å². The SMILES string of the molecule is O[C@H](COCc1ccccc1)CN(Cc1ccc(F)cc1F)C[C@@H]1CC(c2ccc(F)cc2)=NO1. The molecule has 0 bridgehead atoms. The summed E-state index contributed by atoms with van der Waals surface area (Å²) in [6.45, 7) is 1.15. The van der Waals surface area contributed by atoms with Gasteiger partial charge in [0.15, 0.2) is 0 Å². The van der Waals surface area contributed by atoms with Crippen molar-refractivity contribution >= 4 is 5.71 Å². The maximum absolute atomic E-state index is 14.3.